The average Bonchev–Trinajstić information content (AvgIpc) is 2.84. The number of methoxy groups -OCH3 is 1. The third-order valence-electron chi connectivity index (χ3n) is 4.85. The Hall–Kier alpha value is -1.22. The van der Waals surface area contributed by atoms with Gasteiger partial charge in [0.05, 0.1) is 24.0 Å². The Kier molecular flexibility index (Phi) is 3.87. The van der Waals surface area contributed by atoms with Crippen molar-refractivity contribution in [2.75, 3.05) is 7.11 Å². The number of alkyl halides is 1. The Morgan fingerprint density at radius 3 is 2.86 bits per heavy atom. The van der Waals surface area contributed by atoms with Crippen LogP contribution in [0.5, 0.6) is 5.75 Å². The summed E-state index contributed by atoms with van der Waals surface area (Å²) in [4.78, 5) is 4.72. The Morgan fingerprint density at radius 2 is 2.19 bits per heavy atom. The monoisotopic (exact) mass is 306 g/mol. The van der Waals surface area contributed by atoms with Crippen LogP contribution >= 0.6 is 11.6 Å². The molecule has 1 fully saturated rings. The fourth-order valence-electron chi connectivity index (χ4n) is 3.65. The molecule has 4 heteroatoms. The highest BCUT2D eigenvalue weighted by molar-refractivity contribution is 6.16. The van der Waals surface area contributed by atoms with E-state index in [-0.39, 0.29) is 5.41 Å². The molecule has 1 unspecified atom stereocenters. The van der Waals surface area contributed by atoms with Gasteiger partial charge in [-0.3, -0.25) is 0 Å². The second kappa shape index (κ2) is 5.53. The number of ether oxygens (including phenoxy) is 1. The van der Waals surface area contributed by atoms with Gasteiger partial charge >= 0.3 is 0 Å². The minimum Gasteiger partial charge on any atom is -0.497 e. The van der Waals surface area contributed by atoms with Gasteiger partial charge in [0, 0.05) is 12.1 Å². The van der Waals surface area contributed by atoms with Crippen LogP contribution in [0.1, 0.15) is 51.4 Å². The SMILES string of the molecule is COc1ccc2nc(CCl)n(C3CCCCC3(C)C)c2c1. The number of halogens is 1. The van der Waals surface area contributed by atoms with E-state index in [1.54, 1.807) is 7.11 Å². The van der Waals surface area contributed by atoms with Crippen molar-refractivity contribution in [1.82, 2.24) is 9.55 Å². The fourth-order valence-corrected chi connectivity index (χ4v) is 3.83. The van der Waals surface area contributed by atoms with Crippen LogP contribution in [0.25, 0.3) is 11.0 Å². The van der Waals surface area contributed by atoms with Gasteiger partial charge in [-0.1, -0.05) is 26.7 Å². The summed E-state index contributed by atoms with van der Waals surface area (Å²) in [7, 11) is 1.70. The maximum absolute atomic E-state index is 6.17. The Balaban J connectivity index is 2.19. The first-order chi connectivity index (χ1) is 10.1. The van der Waals surface area contributed by atoms with Crippen LogP contribution in [0.2, 0.25) is 0 Å². The first-order valence-electron chi connectivity index (χ1n) is 7.67. The maximum Gasteiger partial charge on any atom is 0.125 e. The van der Waals surface area contributed by atoms with Crippen LogP contribution in [-0.2, 0) is 5.88 Å². The number of hydrogen-bond acceptors (Lipinski definition) is 2. The maximum atomic E-state index is 6.17. The molecule has 21 heavy (non-hydrogen) atoms. The molecule has 0 amide bonds. The lowest BCUT2D eigenvalue weighted by molar-refractivity contribution is 0.145. The normalized spacial score (nSPS) is 21.6. The van der Waals surface area contributed by atoms with Crippen LogP contribution in [0.15, 0.2) is 18.2 Å². The zero-order valence-electron chi connectivity index (χ0n) is 13.0. The number of imidazole rings is 1. The minimum atomic E-state index is 0.274. The second-order valence-corrected chi connectivity index (χ2v) is 6.90. The molecule has 3 nitrogen and oxygen atoms in total. The molecule has 1 saturated carbocycles. The summed E-state index contributed by atoms with van der Waals surface area (Å²) in [6.45, 7) is 4.72. The van der Waals surface area contributed by atoms with Crippen LogP contribution in [0.3, 0.4) is 0 Å². The van der Waals surface area contributed by atoms with Crippen molar-refractivity contribution in [3.8, 4) is 5.75 Å². The molecule has 0 aliphatic heterocycles. The van der Waals surface area contributed by atoms with E-state index >= 15 is 0 Å². The Bertz CT molecular complexity index is 648. The summed E-state index contributed by atoms with van der Waals surface area (Å²) in [5.74, 6) is 2.29. The van der Waals surface area contributed by atoms with Crippen molar-refractivity contribution in [3.63, 3.8) is 0 Å². The van der Waals surface area contributed by atoms with Crippen molar-refractivity contribution in [2.24, 2.45) is 5.41 Å². The third kappa shape index (κ3) is 2.52. The lowest BCUT2D eigenvalue weighted by Gasteiger charge is -2.40. The quantitative estimate of drug-likeness (QED) is 0.752. The van der Waals surface area contributed by atoms with Crippen molar-refractivity contribution in [1.29, 1.82) is 0 Å². The van der Waals surface area contributed by atoms with E-state index in [0.717, 1.165) is 22.6 Å². The lowest BCUT2D eigenvalue weighted by atomic mass is 9.73. The van der Waals surface area contributed by atoms with E-state index in [4.69, 9.17) is 21.3 Å². The number of rotatable bonds is 3. The van der Waals surface area contributed by atoms with Crippen molar-refractivity contribution in [3.05, 3.63) is 24.0 Å². The van der Waals surface area contributed by atoms with Gasteiger partial charge in [0.15, 0.2) is 0 Å². The highest BCUT2D eigenvalue weighted by Gasteiger charge is 2.35. The predicted molar refractivity (Wildman–Crippen MR) is 87.1 cm³/mol. The zero-order valence-corrected chi connectivity index (χ0v) is 13.8. The van der Waals surface area contributed by atoms with Gasteiger partial charge in [-0.05, 0) is 30.4 Å². The molecule has 0 bridgehead atoms. The van der Waals surface area contributed by atoms with Crippen molar-refractivity contribution in [2.45, 2.75) is 51.5 Å². The van der Waals surface area contributed by atoms with Gasteiger partial charge in [-0.15, -0.1) is 11.6 Å². The first kappa shape index (κ1) is 14.7. The van der Waals surface area contributed by atoms with Gasteiger partial charge in [-0.25, -0.2) is 4.98 Å². The molecule has 3 rings (SSSR count). The number of aromatic nitrogens is 2. The molecular formula is C17H23ClN2O. The summed E-state index contributed by atoms with van der Waals surface area (Å²) in [6, 6.07) is 6.53. The molecular weight excluding hydrogens is 284 g/mol. The highest BCUT2D eigenvalue weighted by atomic mass is 35.5. The summed E-state index contributed by atoms with van der Waals surface area (Å²) in [6.07, 6.45) is 5.04. The zero-order chi connectivity index (χ0) is 15.0. The largest absolute Gasteiger partial charge is 0.497 e. The number of hydrogen-bond donors (Lipinski definition) is 0. The summed E-state index contributed by atoms with van der Waals surface area (Å²) >= 11 is 6.17. The summed E-state index contributed by atoms with van der Waals surface area (Å²) < 4.78 is 7.75. The number of nitrogens with zero attached hydrogens (tertiary/aromatic N) is 2. The van der Waals surface area contributed by atoms with Crippen LogP contribution in [-0.4, -0.2) is 16.7 Å². The standard InChI is InChI=1S/C17H23ClN2O/c1-17(2)9-5-4-6-15(17)20-14-10-12(21-3)7-8-13(14)19-16(20)11-18/h7-8,10,15H,4-6,9,11H2,1-3H3. The van der Waals surface area contributed by atoms with Gasteiger partial charge in [0.25, 0.3) is 0 Å². The number of benzene rings is 1. The molecule has 1 heterocycles. The third-order valence-corrected chi connectivity index (χ3v) is 5.09. The summed E-state index contributed by atoms with van der Waals surface area (Å²) in [5.41, 5.74) is 2.42. The molecule has 0 saturated heterocycles. The van der Waals surface area contributed by atoms with Crippen LogP contribution in [0.4, 0.5) is 0 Å². The van der Waals surface area contributed by atoms with E-state index in [9.17, 15) is 0 Å². The minimum absolute atomic E-state index is 0.274. The molecule has 1 aromatic heterocycles. The van der Waals surface area contributed by atoms with Gasteiger partial charge in [0.1, 0.15) is 11.6 Å². The molecule has 0 radical (unpaired) electrons. The predicted octanol–water partition coefficient (Wildman–Crippen LogP) is 4.93. The molecule has 2 aromatic rings. The summed E-state index contributed by atoms with van der Waals surface area (Å²) in [5, 5.41) is 0. The molecule has 0 N–H and O–H groups in total. The molecule has 1 atom stereocenters. The topological polar surface area (TPSA) is 27.1 Å². The van der Waals surface area contributed by atoms with Gasteiger partial charge < -0.3 is 9.30 Å². The van der Waals surface area contributed by atoms with E-state index in [1.165, 1.54) is 25.7 Å². The molecule has 1 aromatic carbocycles. The molecule has 0 spiro atoms. The van der Waals surface area contributed by atoms with E-state index < -0.39 is 0 Å². The average molecular weight is 307 g/mol. The number of fused-ring (bicyclic) bond motifs is 1. The Labute approximate surface area is 131 Å². The van der Waals surface area contributed by atoms with E-state index in [2.05, 4.69) is 24.5 Å². The van der Waals surface area contributed by atoms with Crippen molar-refractivity contribution >= 4 is 22.6 Å². The van der Waals surface area contributed by atoms with E-state index in [0.29, 0.717) is 11.9 Å². The first-order valence-corrected chi connectivity index (χ1v) is 8.21. The second-order valence-electron chi connectivity index (χ2n) is 6.64. The molecule has 1 aliphatic carbocycles. The highest BCUT2D eigenvalue weighted by Crippen LogP contribution is 2.45. The lowest BCUT2D eigenvalue weighted by Crippen LogP contribution is -2.31. The molecule has 1 aliphatic rings. The fraction of sp³-hybridized carbons (Fsp3) is 0.588. The van der Waals surface area contributed by atoms with Crippen LogP contribution < -0.4 is 4.74 Å². The Morgan fingerprint density at radius 1 is 1.38 bits per heavy atom. The van der Waals surface area contributed by atoms with Crippen LogP contribution in [0, 0.1) is 5.41 Å². The van der Waals surface area contributed by atoms with Gasteiger partial charge in [-0.2, -0.15) is 0 Å². The van der Waals surface area contributed by atoms with E-state index in [1.807, 2.05) is 12.1 Å². The molecule has 114 valence electrons. The van der Waals surface area contributed by atoms with Gasteiger partial charge in [0.2, 0.25) is 0 Å². The van der Waals surface area contributed by atoms with Crippen molar-refractivity contribution < 1.29 is 4.74 Å². The smallest absolute Gasteiger partial charge is 0.125 e.